The Morgan fingerprint density at radius 2 is 2.21 bits per heavy atom. The monoisotopic (exact) mass is 275 g/mol. The second-order valence-electron chi connectivity index (χ2n) is 4.04. The van der Waals surface area contributed by atoms with Gasteiger partial charge in [-0.2, -0.15) is 0 Å². The molecule has 0 bridgehead atoms. The lowest BCUT2D eigenvalue weighted by molar-refractivity contribution is -0.150. The van der Waals surface area contributed by atoms with Crippen LogP contribution in [0.5, 0.6) is 0 Å². The zero-order valence-electron chi connectivity index (χ0n) is 9.58. The summed E-state index contributed by atoms with van der Waals surface area (Å²) in [5.41, 5.74) is 8.54. The number of carboxylic acids is 1. The van der Waals surface area contributed by atoms with Crippen LogP contribution in [0.2, 0.25) is 0 Å². The van der Waals surface area contributed by atoms with Crippen LogP contribution in [0.4, 0.5) is 5.69 Å². The lowest BCUT2D eigenvalue weighted by Crippen LogP contribution is -2.35. The number of hydrogen-bond donors (Lipinski definition) is 3. The SMILES string of the molecule is Nc1cccc2c1C=C1SC(NC(=O)C(=O)O)N=C12. The number of hydrogen-bond acceptors (Lipinski definition) is 5. The Bertz CT molecular complexity index is 666. The Kier molecular flexibility index (Phi) is 2.56. The number of fused-ring (bicyclic) bond motifs is 3. The highest BCUT2D eigenvalue weighted by Gasteiger charge is 2.32. The summed E-state index contributed by atoms with van der Waals surface area (Å²) in [6.07, 6.45) is 1.90. The molecule has 1 amide bonds. The Morgan fingerprint density at radius 3 is 2.95 bits per heavy atom. The van der Waals surface area contributed by atoms with Crippen LogP contribution in [-0.2, 0) is 9.59 Å². The molecule has 3 rings (SSSR count). The number of thioether (sulfide) groups is 1. The van der Waals surface area contributed by atoms with E-state index < -0.39 is 17.4 Å². The summed E-state index contributed by atoms with van der Waals surface area (Å²) in [4.78, 5) is 26.8. The van der Waals surface area contributed by atoms with E-state index >= 15 is 0 Å². The first-order chi connectivity index (χ1) is 9.06. The summed E-state index contributed by atoms with van der Waals surface area (Å²) in [7, 11) is 0. The van der Waals surface area contributed by atoms with E-state index in [1.54, 1.807) is 0 Å². The number of benzene rings is 1. The molecule has 0 spiro atoms. The van der Waals surface area contributed by atoms with Gasteiger partial charge in [-0.1, -0.05) is 23.9 Å². The highest BCUT2D eigenvalue weighted by molar-refractivity contribution is 8.05. The van der Waals surface area contributed by atoms with Gasteiger partial charge in [0.15, 0.2) is 5.50 Å². The maximum Gasteiger partial charge on any atom is 0.394 e. The van der Waals surface area contributed by atoms with E-state index in [2.05, 4.69) is 10.3 Å². The quantitative estimate of drug-likeness (QED) is 0.515. The van der Waals surface area contributed by atoms with Gasteiger partial charge in [0.2, 0.25) is 0 Å². The van der Waals surface area contributed by atoms with Crippen molar-refractivity contribution in [1.29, 1.82) is 0 Å². The van der Waals surface area contributed by atoms with Crippen molar-refractivity contribution in [3.05, 3.63) is 34.2 Å². The molecule has 1 unspecified atom stereocenters. The number of allylic oxidation sites excluding steroid dienone is 1. The molecule has 1 heterocycles. The Morgan fingerprint density at radius 1 is 1.42 bits per heavy atom. The van der Waals surface area contributed by atoms with Crippen LogP contribution < -0.4 is 11.1 Å². The first kappa shape index (κ1) is 11.8. The average molecular weight is 275 g/mol. The normalized spacial score (nSPS) is 19.3. The summed E-state index contributed by atoms with van der Waals surface area (Å²) in [5.74, 6) is -2.58. The molecule has 0 aromatic heterocycles. The first-order valence-electron chi connectivity index (χ1n) is 5.45. The molecule has 96 valence electrons. The molecule has 6 nitrogen and oxygen atoms in total. The van der Waals surface area contributed by atoms with Crippen LogP contribution in [-0.4, -0.2) is 28.2 Å². The topological polar surface area (TPSA) is 105 Å². The molecule has 0 fully saturated rings. The van der Waals surface area contributed by atoms with E-state index in [1.807, 2.05) is 24.3 Å². The van der Waals surface area contributed by atoms with E-state index in [4.69, 9.17) is 10.8 Å². The fourth-order valence-electron chi connectivity index (χ4n) is 2.01. The minimum absolute atomic E-state index is 0.598. The number of aliphatic carboxylic acids is 1. The highest BCUT2D eigenvalue weighted by atomic mass is 32.2. The number of nitrogens with two attached hydrogens (primary N) is 1. The van der Waals surface area contributed by atoms with E-state index in [0.717, 1.165) is 21.7 Å². The molecule has 1 aliphatic heterocycles. The predicted molar refractivity (Wildman–Crippen MR) is 72.5 cm³/mol. The maximum atomic E-state index is 11.1. The highest BCUT2D eigenvalue weighted by Crippen LogP contribution is 2.41. The van der Waals surface area contributed by atoms with Crippen LogP contribution in [0.3, 0.4) is 0 Å². The van der Waals surface area contributed by atoms with Gasteiger partial charge in [0.1, 0.15) is 0 Å². The van der Waals surface area contributed by atoms with E-state index in [1.165, 1.54) is 11.8 Å². The molecule has 1 aromatic carbocycles. The fourth-order valence-corrected chi connectivity index (χ4v) is 3.03. The van der Waals surface area contributed by atoms with Crippen molar-refractivity contribution in [2.75, 3.05) is 5.73 Å². The summed E-state index contributed by atoms with van der Waals surface area (Å²) >= 11 is 1.30. The lowest BCUT2D eigenvalue weighted by atomic mass is 10.1. The van der Waals surface area contributed by atoms with Crippen LogP contribution in [0.1, 0.15) is 11.1 Å². The average Bonchev–Trinajstić information content (AvgIpc) is 2.87. The molecule has 7 heteroatoms. The third-order valence-corrected chi connectivity index (χ3v) is 3.85. The van der Waals surface area contributed by atoms with Crippen LogP contribution in [0.15, 0.2) is 28.1 Å². The fraction of sp³-hybridized carbons (Fsp3) is 0.0833. The molecule has 0 saturated heterocycles. The molecule has 1 aromatic rings. The molecule has 1 atom stereocenters. The van der Waals surface area contributed by atoms with Crippen molar-refractivity contribution in [1.82, 2.24) is 5.32 Å². The van der Waals surface area contributed by atoms with Gasteiger partial charge in [0.25, 0.3) is 0 Å². The zero-order valence-corrected chi connectivity index (χ0v) is 10.4. The number of nitrogens with one attached hydrogen (secondary N) is 1. The van der Waals surface area contributed by atoms with Crippen molar-refractivity contribution in [3.8, 4) is 0 Å². The van der Waals surface area contributed by atoms with Gasteiger partial charge in [0.05, 0.1) is 5.71 Å². The molecule has 0 saturated carbocycles. The lowest BCUT2D eigenvalue weighted by Gasteiger charge is -2.06. The van der Waals surface area contributed by atoms with Crippen LogP contribution in [0, 0.1) is 0 Å². The number of carbonyl (C=O) groups excluding carboxylic acids is 1. The number of aliphatic imine (C=N–C) groups is 1. The van der Waals surface area contributed by atoms with Gasteiger partial charge in [-0.3, -0.25) is 4.79 Å². The Balaban J connectivity index is 1.88. The van der Waals surface area contributed by atoms with Gasteiger partial charge in [-0.15, -0.1) is 0 Å². The molecular formula is C12H9N3O3S. The maximum absolute atomic E-state index is 11.1. The molecule has 19 heavy (non-hydrogen) atoms. The number of rotatable bonds is 1. The number of nitrogens with zero attached hydrogens (tertiary/aromatic N) is 1. The number of amides is 1. The van der Waals surface area contributed by atoms with E-state index in [-0.39, 0.29) is 0 Å². The van der Waals surface area contributed by atoms with Gasteiger partial charge in [-0.25, -0.2) is 9.79 Å². The third-order valence-electron chi connectivity index (χ3n) is 2.84. The summed E-state index contributed by atoms with van der Waals surface area (Å²) < 4.78 is 0. The molecular weight excluding hydrogens is 266 g/mol. The van der Waals surface area contributed by atoms with Crippen molar-refractivity contribution >= 4 is 41.1 Å². The van der Waals surface area contributed by atoms with Crippen molar-refractivity contribution in [2.45, 2.75) is 5.50 Å². The number of nitrogen functional groups attached to an aromatic ring is 1. The van der Waals surface area contributed by atoms with Crippen molar-refractivity contribution in [2.24, 2.45) is 4.99 Å². The Hall–Kier alpha value is -2.28. The summed E-state index contributed by atoms with van der Waals surface area (Å²) in [5, 5.41) is 10.9. The second kappa shape index (κ2) is 4.13. The van der Waals surface area contributed by atoms with Gasteiger partial charge in [-0.05, 0) is 12.1 Å². The number of carboxylic acid groups (broad SMARTS) is 1. The molecule has 4 N–H and O–H groups in total. The minimum atomic E-state index is -1.52. The standard InChI is InChI=1S/C12H9N3O3S/c13-7-3-1-2-5-6(7)4-8-9(5)14-12(19-8)15-10(16)11(17)18/h1-4,12H,13H2,(H,15,16)(H,17,18). The van der Waals surface area contributed by atoms with Crippen LogP contribution >= 0.6 is 11.8 Å². The second-order valence-corrected chi connectivity index (χ2v) is 5.17. The summed E-state index contributed by atoms with van der Waals surface area (Å²) in [6, 6.07) is 5.54. The van der Waals surface area contributed by atoms with E-state index in [0.29, 0.717) is 5.69 Å². The summed E-state index contributed by atoms with van der Waals surface area (Å²) in [6.45, 7) is 0. The van der Waals surface area contributed by atoms with Crippen molar-refractivity contribution < 1.29 is 14.7 Å². The minimum Gasteiger partial charge on any atom is -0.474 e. The molecule has 2 aliphatic rings. The molecule has 1 aliphatic carbocycles. The first-order valence-corrected chi connectivity index (χ1v) is 6.33. The molecule has 0 radical (unpaired) electrons. The van der Waals surface area contributed by atoms with Gasteiger partial charge >= 0.3 is 11.9 Å². The van der Waals surface area contributed by atoms with Gasteiger partial charge in [0, 0.05) is 21.7 Å². The zero-order chi connectivity index (χ0) is 13.6. The smallest absolute Gasteiger partial charge is 0.394 e. The number of carbonyl (C=O) groups is 2. The van der Waals surface area contributed by atoms with Crippen LogP contribution in [0.25, 0.3) is 6.08 Å². The van der Waals surface area contributed by atoms with E-state index in [9.17, 15) is 9.59 Å². The number of anilines is 1. The predicted octanol–water partition coefficient (Wildman–Crippen LogP) is 0.644. The Labute approximate surface area is 112 Å². The third kappa shape index (κ3) is 1.88. The largest absolute Gasteiger partial charge is 0.474 e. The van der Waals surface area contributed by atoms with Gasteiger partial charge < -0.3 is 16.2 Å². The van der Waals surface area contributed by atoms with Crippen molar-refractivity contribution in [3.63, 3.8) is 0 Å².